The van der Waals surface area contributed by atoms with Crippen molar-refractivity contribution < 1.29 is 9.53 Å². The molecule has 1 aromatic rings. The largest absolute Gasteiger partial charge is 0.491 e. The lowest BCUT2D eigenvalue weighted by Crippen LogP contribution is -2.45. The van der Waals surface area contributed by atoms with Gasteiger partial charge < -0.3 is 9.64 Å². The van der Waals surface area contributed by atoms with Gasteiger partial charge in [-0.15, -0.1) is 11.6 Å². The maximum Gasteiger partial charge on any atom is 0.254 e. The van der Waals surface area contributed by atoms with Crippen molar-refractivity contribution >= 4 is 17.5 Å². The average molecular weight is 296 g/mol. The Labute approximate surface area is 125 Å². The van der Waals surface area contributed by atoms with Gasteiger partial charge in [0.2, 0.25) is 0 Å². The summed E-state index contributed by atoms with van der Waals surface area (Å²) >= 11 is 5.83. The van der Waals surface area contributed by atoms with Crippen LogP contribution < -0.4 is 4.74 Å². The molecule has 0 unspecified atom stereocenters. The maximum absolute atomic E-state index is 12.6. The predicted octanol–water partition coefficient (Wildman–Crippen LogP) is 3.71. The van der Waals surface area contributed by atoms with Gasteiger partial charge in [0.1, 0.15) is 5.75 Å². The van der Waals surface area contributed by atoms with Gasteiger partial charge in [0.25, 0.3) is 5.91 Å². The van der Waals surface area contributed by atoms with E-state index in [0.29, 0.717) is 24.0 Å². The lowest BCUT2D eigenvalue weighted by Gasteiger charge is -2.37. The summed E-state index contributed by atoms with van der Waals surface area (Å²) in [6.07, 6.45) is 3.48. The normalized spacial score (nSPS) is 15.0. The van der Waals surface area contributed by atoms with E-state index in [9.17, 15) is 4.79 Å². The van der Waals surface area contributed by atoms with E-state index in [-0.39, 0.29) is 12.0 Å². The number of halogens is 1. The van der Waals surface area contributed by atoms with Gasteiger partial charge in [-0.1, -0.05) is 6.07 Å². The quantitative estimate of drug-likeness (QED) is 0.749. The summed E-state index contributed by atoms with van der Waals surface area (Å²) in [5.74, 6) is 1.28. The minimum atomic E-state index is 0.0598. The molecule has 110 valence electrons. The molecule has 1 aliphatic carbocycles. The molecule has 0 bridgehead atoms. The Morgan fingerprint density at radius 2 is 2.20 bits per heavy atom. The van der Waals surface area contributed by atoms with Crippen molar-refractivity contribution in [1.82, 2.24) is 4.90 Å². The Morgan fingerprint density at radius 1 is 1.45 bits per heavy atom. The van der Waals surface area contributed by atoms with Crippen LogP contribution in [0.1, 0.15) is 43.5 Å². The summed E-state index contributed by atoms with van der Waals surface area (Å²) < 4.78 is 5.65. The van der Waals surface area contributed by atoms with E-state index < -0.39 is 0 Å². The van der Waals surface area contributed by atoms with Crippen molar-refractivity contribution in [3.63, 3.8) is 0 Å². The predicted molar refractivity (Wildman–Crippen MR) is 81.6 cm³/mol. The monoisotopic (exact) mass is 295 g/mol. The van der Waals surface area contributed by atoms with E-state index in [2.05, 4.69) is 0 Å². The molecule has 0 aliphatic heterocycles. The third kappa shape index (κ3) is 3.66. The summed E-state index contributed by atoms with van der Waals surface area (Å²) in [6.45, 7) is 4.56. The molecule has 0 spiro atoms. The zero-order valence-electron chi connectivity index (χ0n) is 12.1. The zero-order chi connectivity index (χ0) is 14.5. The second kappa shape index (κ2) is 6.98. The smallest absolute Gasteiger partial charge is 0.254 e. The molecule has 2 rings (SSSR count). The second-order valence-corrected chi connectivity index (χ2v) is 5.84. The molecule has 0 N–H and O–H groups in total. The van der Waals surface area contributed by atoms with Gasteiger partial charge in [-0.3, -0.25) is 4.79 Å². The van der Waals surface area contributed by atoms with Gasteiger partial charge in [0, 0.05) is 24.0 Å². The van der Waals surface area contributed by atoms with Crippen LogP contribution in [0.25, 0.3) is 0 Å². The summed E-state index contributed by atoms with van der Waals surface area (Å²) in [5.41, 5.74) is 0.681. The van der Waals surface area contributed by atoms with Gasteiger partial charge in [-0.05, 0) is 51.3 Å². The van der Waals surface area contributed by atoms with Crippen LogP contribution in [-0.4, -0.2) is 35.4 Å². The van der Waals surface area contributed by atoms with Gasteiger partial charge in [-0.25, -0.2) is 0 Å². The molecule has 20 heavy (non-hydrogen) atoms. The van der Waals surface area contributed by atoms with Crippen LogP contribution >= 0.6 is 11.6 Å². The van der Waals surface area contributed by atoms with Gasteiger partial charge in [0.05, 0.1) is 6.10 Å². The molecule has 0 radical (unpaired) electrons. The maximum atomic E-state index is 12.6. The number of hydrogen-bond acceptors (Lipinski definition) is 2. The number of alkyl halides is 1. The first kappa shape index (κ1) is 15.2. The molecule has 1 amide bonds. The molecular formula is C16H22ClNO2. The van der Waals surface area contributed by atoms with Crippen molar-refractivity contribution in [2.24, 2.45) is 0 Å². The Morgan fingerprint density at radius 3 is 2.75 bits per heavy atom. The number of nitrogens with zero attached hydrogens (tertiary/aromatic N) is 1. The molecule has 1 saturated carbocycles. The first-order valence-electron chi connectivity index (χ1n) is 7.25. The summed E-state index contributed by atoms with van der Waals surface area (Å²) in [4.78, 5) is 14.5. The highest BCUT2D eigenvalue weighted by molar-refractivity contribution is 6.18. The van der Waals surface area contributed by atoms with Crippen molar-refractivity contribution in [3.8, 4) is 5.75 Å². The fourth-order valence-corrected chi connectivity index (χ4v) is 2.56. The molecule has 3 nitrogen and oxygen atoms in total. The molecule has 4 heteroatoms. The fourth-order valence-electron chi connectivity index (χ4n) is 2.38. The third-order valence-electron chi connectivity index (χ3n) is 3.55. The minimum Gasteiger partial charge on any atom is -0.491 e. The van der Waals surface area contributed by atoms with Gasteiger partial charge >= 0.3 is 0 Å². The van der Waals surface area contributed by atoms with Crippen molar-refractivity contribution in [2.75, 3.05) is 12.4 Å². The number of benzene rings is 1. The van der Waals surface area contributed by atoms with Crippen LogP contribution in [0.3, 0.4) is 0 Å². The average Bonchev–Trinajstić information content (AvgIpc) is 2.35. The molecule has 0 atom stereocenters. The van der Waals surface area contributed by atoms with E-state index in [0.717, 1.165) is 18.6 Å². The number of rotatable bonds is 6. The molecule has 0 heterocycles. The number of amides is 1. The van der Waals surface area contributed by atoms with Crippen molar-refractivity contribution in [2.45, 2.75) is 45.3 Å². The van der Waals surface area contributed by atoms with E-state index >= 15 is 0 Å². The van der Waals surface area contributed by atoms with E-state index in [1.807, 2.05) is 43.0 Å². The number of carbonyl (C=O) groups excluding carboxylic acids is 1. The Bertz CT molecular complexity index is 458. The lowest BCUT2D eigenvalue weighted by atomic mass is 9.91. The lowest BCUT2D eigenvalue weighted by molar-refractivity contribution is 0.0597. The second-order valence-electron chi connectivity index (χ2n) is 5.47. The van der Waals surface area contributed by atoms with Crippen molar-refractivity contribution in [1.29, 1.82) is 0 Å². The van der Waals surface area contributed by atoms with Crippen LogP contribution in [-0.2, 0) is 0 Å². The topological polar surface area (TPSA) is 29.5 Å². The van der Waals surface area contributed by atoms with Gasteiger partial charge in [0.15, 0.2) is 0 Å². The summed E-state index contributed by atoms with van der Waals surface area (Å²) in [7, 11) is 0. The Balaban J connectivity index is 2.13. The molecule has 1 aliphatic rings. The first-order valence-corrected chi connectivity index (χ1v) is 7.79. The number of carbonyl (C=O) groups is 1. The molecule has 1 fully saturated rings. The molecule has 0 saturated heterocycles. The van der Waals surface area contributed by atoms with Crippen molar-refractivity contribution in [3.05, 3.63) is 29.8 Å². The molecule has 0 aromatic heterocycles. The Hall–Kier alpha value is -1.22. The highest BCUT2D eigenvalue weighted by Crippen LogP contribution is 2.27. The van der Waals surface area contributed by atoms with E-state index in [4.69, 9.17) is 16.3 Å². The zero-order valence-corrected chi connectivity index (χ0v) is 12.9. The van der Waals surface area contributed by atoms with Crippen LogP contribution in [0.4, 0.5) is 0 Å². The minimum absolute atomic E-state index is 0.0598. The highest BCUT2D eigenvalue weighted by atomic mass is 35.5. The van der Waals surface area contributed by atoms with Crippen LogP contribution in [0.5, 0.6) is 5.75 Å². The van der Waals surface area contributed by atoms with Crippen LogP contribution in [0, 0.1) is 0 Å². The SMILES string of the molecule is CC(C)Oc1cccc(C(=O)N(CCCl)C2CCC2)c1. The first-order chi connectivity index (χ1) is 9.61. The fraction of sp³-hybridized carbons (Fsp3) is 0.562. The number of hydrogen-bond donors (Lipinski definition) is 0. The molecular weight excluding hydrogens is 274 g/mol. The van der Waals surface area contributed by atoms with E-state index in [1.54, 1.807) is 0 Å². The third-order valence-corrected chi connectivity index (χ3v) is 3.72. The van der Waals surface area contributed by atoms with Crippen LogP contribution in [0.15, 0.2) is 24.3 Å². The van der Waals surface area contributed by atoms with E-state index in [1.165, 1.54) is 6.42 Å². The standard InChI is InChI=1S/C16H22ClNO2/c1-12(2)20-15-8-3-5-13(11-15)16(19)18(10-9-17)14-6-4-7-14/h3,5,8,11-12,14H,4,6-7,9-10H2,1-2H3. The van der Waals surface area contributed by atoms with Crippen LogP contribution in [0.2, 0.25) is 0 Å². The van der Waals surface area contributed by atoms with Gasteiger partial charge in [-0.2, -0.15) is 0 Å². The Kier molecular flexibility index (Phi) is 5.30. The number of ether oxygens (including phenoxy) is 1. The summed E-state index contributed by atoms with van der Waals surface area (Å²) in [6, 6.07) is 7.77. The highest BCUT2D eigenvalue weighted by Gasteiger charge is 2.29. The molecule has 1 aromatic carbocycles. The summed E-state index contributed by atoms with van der Waals surface area (Å²) in [5, 5.41) is 0.